The normalized spacial score (nSPS) is 24.7. The highest BCUT2D eigenvalue weighted by molar-refractivity contribution is 7.89. The molecule has 2 aliphatic heterocycles. The topological polar surface area (TPSA) is 49.4 Å². The fraction of sp³-hybridized carbons (Fsp3) is 0.647. The Labute approximate surface area is 146 Å². The monoisotopic (exact) mass is 358 g/mol. The molecular formula is C17H27ClN2O2S. The summed E-state index contributed by atoms with van der Waals surface area (Å²) in [6.45, 7) is 7.63. The summed E-state index contributed by atoms with van der Waals surface area (Å²) in [5.74, 6) is 1.64. The molecule has 1 aromatic carbocycles. The van der Waals surface area contributed by atoms with E-state index in [1.165, 1.54) is 5.56 Å². The van der Waals surface area contributed by atoms with Gasteiger partial charge in [-0.2, -0.15) is 4.31 Å². The smallest absolute Gasteiger partial charge is 0.243 e. The lowest BCUT2D eigenvalue weighted by Gasteiger charge is -2.17. The molecule has 2 fully saturated rings. The summed E-state index contributed by atoms with van der Waals surface area (Å²) in [6, 6.07) is 7.48. The molecule has 4 nitrogen and oxygen atoms in total. The van der Waals surface area contributed by atoms with Crippen molar-refractivity contribution in [3.05, 3.63) is 29.8 Å². The van der Waals surface area contributed by atoms with Crippen LogP contribution in [0.5, 0.6) is 0 Å². The summed E-state index contributed by atoms with van der Waals surface area (Å²) in [7, 11) is -3.32. The molecule has 0 amide bonds. The minimum atomic E-state index is -3.32. The summed E-state index contributed by atoms with van der Waals surface area (Å²) in [5, 5.41) is 3.35. The van der Waals surface area contributed by atoms with Crippen LogP contribution in [-0.2, 0) is 16.4 Å². The molecule has 2 atom stereocenters. The van der Waals surface area contributed by atoms with Crippen LogP contribution in [0.25, 0.3) is 0 Å². The van der Waals surface area contributed by atoms with Crippen molar-refractivity contribution in [2.45, 2.75) is 31.6 Å². The summed E-state index contributed by atoms with van der Waals surface area (Å²) in [6.07, 6.45) is 2.14. The largest absolute Gasteiger partial charge is 0.316 e. The Bertz CT molecular complexity index is 604. The van der Waals surface area contributed by atoms with Gasteiger partial charge < -0.3 is 5.32 Å². The Balaban J connectivity index is 0.00000192. The number of hydrogen-bond donors (Lipinski definition) is 1. The second kappa shape index (κ2) is 7.51. The fourth-order valence-electron chi connectivity index (χ4n) is 3.44. The Morgan fingerprint density at radius 3 is 2.22 bits per heavy atom. The van der Waals surface area contributed by atoms with Crippen molar-refractivity contribution in [1.29, 1.82) is 0 Å². The SMILES string of the molecule is CC(C)CCc1ccc(S(=O)(=O)N2C[C@H]3CNC[C@H]3C2)cc1.Cl. The summed E-state index contributed by atoms with van der Waals surface area (Å²) in [4.78, 5) is 0.439. The van der Waals surface area contributed by atoms with Gasteiger partial charge in [-0.15, -0.1) is 12.4 Å². The van der Waals surface area contributed by atoms with Crippen LogP contribution >= 0.6 is 12.4 Å². The van der Waals surface area contributed by atoms with E-state index in [2.05, 4.69) is 19.2 Å². The van der Waals surface area contributed by atoms with E-state index in [1.54, 1.807) is 16.4 Å². The van der Waals surface area contributed by atoms with E-state index in [4.69, 9.17) is 0 Å². The molecule has 0 unspecified atom stereocenters. The van der Waals surface area contributed by atoms with E-state index < -0.39 is 10.0 Å². The zero-order chi connectivity index (χ0) is 15.7. The third-order valence-electron chi connectivity index (χ3n) is 4.93. The average Bonchev–Trinajstić information content (AvgIpc) is 3.07. The van der Waals surface area contributed by atoms with E-state index in [0.717, 1.165) is 25.9 Å². The molecule has 0 aromatic heterocycles. The van der Waals surface area contributed by atoms with Gasteiger partial charge in [0.25, 0.3) is 0 Å². The van der Waals surface area contributed by atoms with Crippen LogP contribution in [0.2, 0.25) is 0 Å². The molecule has 3 rings (SSSR count). The number of fused-ring (bicyclic) bond motifs is 1. The maximum absolute atomic E-state index is 12.7. The molecule has 130 valence electrons. The first-order valence-corrected chi connectivity index (χ1v) is 9.70. The first-order valence-electron chi connectivity index (χ1n) is 8.26. The highest BCUT2D eigenvalue weighted by Crippen LogP contribution is 2.30. The molecular weight excluding hydrogens is 332 g/mol. The molecule has 0 saturated carbocycles. The molecule has 0 aliphatic carbocycles. The Kier molecular flexibility index (Phi) is 6.11. The van der Waals surface area contributed by atoms with Crippen molar-refractivity contribution >= 4 is 22.4 Å². The lowest BCUT2D eigenvalue weighted by molar-refractivity contribution is 0.448. The van der Waals surface area contributed by atoms with Gasteiger partial charge in [-0.05, 0) is 61.4 Å². The number of nitrogens with one attached hydrogen (secondary N) is 1. The number of halogens is 1. The highest BCUT2D eigenvalue weighted by atomic mass is 35.5. The van der Waals surface area contributed by atoms with Crippen LogP contribution in [-0.4, -0.2) is 38.9 Å². The minimum Gasteiger partial charge on any atom is -0.316 e. The second-order valence-electron chi connectivity index (χ2n) is 7.08. The molecule has 6 heteroatoms. The van der Waals surface area contributed by atoms with Crippen molar-refractivity contribution in [2.75, 3.05) is 26.2 Å². The molecule has 2 aliphatic rings. The van der Waals surface area contributed by atoms with Crippen LogP contribution in [0.15, 0.2) is 29.2 Å². The fourth-order valence-corrected chi connectivity index (χ4v) is 4.99. The van der Waals surface area contributed by atoms with Crippen LogP contribution in [0.1, 0.15) is 25.8 Å². The van der Waals surface area contributed by atoms with Crippen molar-refractivity contribution in [1.82, 2.24) is 9.62 Å². The molecule has 23 heavy (non-hydrogen) atoms. The minimum absolute atomic E-state index is 0. The predicted octanol–water partition coefficient (Wildman–Crippen LogP) is 2.54. The number of benzene rings is 1. The van der Waals surface area contributed by atoms with Gasteiger partial charge in [0.2, 0.25) is 10.0 Å². The molecule has 0 radical (unpaired) electrons. The number of nitrogens with zero attached hydrogens (tertiary/aromatic N) is 1. The van der Waals surface area contributed by atoms with Crippen molar-refractivity contribution in [2.24, 2.45) is 17.8 Å². The van der Waals surface area contributed by atoms with E-state index in [-0.39, 0.29) is 12.4 Å². The van der Waals surface area contributed by atoms with Crippen LogP contribution < -0.4 is 5.32 Å². The van der Waals surface area contributed by atoms with Crippen molar-refractivity contribution in [3.63, 3.8) is 0 Å². The van der Waals surface area contributed by atoms with Crippen molar-refractivity contribution in [3.8, 4) is 0 Å². The van der Waals surface area contributed by atoms with Gasteiger partial charge in [0.1, 0.15) is 0 Å². The molecule has 0 bridgehead atoms. The van der Waals surface area contributed by atoms with Gasteiger partial charge in [-0.1, -0.05) is 26.0 Å². The quantitative estimate of drug-likeness (QED) is 0.879. The molecule has 0 spiro atoms. The molecule has 2 heterocycles. The van der Waals surface area contributed by atoms with Gasteiger partial charge in [0, 0.05) is 13.1 Å². The van der Waals surface area contributed by atoms with Gasteiger partial charge in [0.15, 0.2) is 0 Å². The third kappa shape index (κ3) is 4.08. The Hall–Kier alpha value is -0.620. The number of aryl methyl sites for hydroxylation is 1. The van der Waals surface area contributed by atoms with E-state index in [0.29, 0.717) is 35.7 Å². The summed E-state index contributed by atoms with van der Waals surface area (Å²) >= 11 is 0. The van der Waals surface area contributed by atoms with E-state index in [9.17, 15) is 8.42 Å². The number of sulfonamides is 1. The Morgan fingerprint density at radius 2 is 1.70 bits per heavy atom. The maximum Gasteiger partial charge on any atom is 0.243 e. The van der Waals surface area contributed by atoms with Crippen LogP contribution in [0.3, 0.4) is 0 Å². The third-order valence-corrected chi connectivity index (χ3v) is 6.77. The number of hydrogen-bond acceptors (Lipinski definition) is 3. The molecule has 1 N–H and O–H groups in total. The van der Waals surface area contributed by atoms with Gasteiger partial charge in [-0.25, -0.2) is 8.42 Å². The lowest BCUT2D eigenvalue weighted by atomic mass is 10.0. The van der Waals surface area contributed by atoms with Gasteiger partial charge in [-0.3, -0.25) is 0 Å². The average molecular weight is 359 g/mol. The zero-order valence-electron chi connectivity index (χ0n) is 13.9. The predicted molar refractivity (Wildman–Crippen MR) is 95.5 cm³/mol. The van der Waals surface area contributed by atoms with Crippen LogP contribution in [0, 0.1) is 17.8 Å². The van der Waals surface area contributed by atoms with E-state index in [1.807, 2.05) is 12.1 Å². The standard InChI is InChI=1S/C17H26N2O2S.ClH/c1-13(2)3-4-14-5-7-17(8-6-14)22(20,21)19-11-15-9-18-10-16(15)12-19;/h5-8,13,15-16,18H,3-4,9-12H2,1-2H3;1H/t15-,16+;. The summed E-state index contributed by atoms with van der Waals surface area (Å²) in [5.41, 5.74) is 1.22. The van der Waals surface area contributed by atoms with Gasteiger partial charge in [0.05, 0.1) is 4.90 Å². The first-order chi connectivity index (χ1) is 10.5. The molecule has 1 aromatic rings. The van der Waals surface area contributed by atoms with E-state index >= 15 is 0 Å². The number of rotatable bonds is 5. The maximum atomic E-state index is 12.7. The Morgan fingerprint density at radius 1 is 1.13 bits per heavy atom. The van der Waals surface area contributed by atoms with Gasteiger partial charge >= 0.3 is 0 Å². The zero-order valence-corrected chi connectivity index (χ0v) is 15.5. The summed E-state index contributed by atoms with van der Waals surface area (Å²) < 4.78 is 27.2. The van der Waals surface area contributed by atoms with Crippen LogP contribution in [0.4, 0.5) is 0 Å². The second-order valence-corrected chi connectivity index (χ2v) is 9.01. The lowest BCUT2D eigenvalue weighted by Crippen LogP contribution is -2.31. The van der Waals surface area contributed by atoms with Crippen molar-refractivity contribution < 1.29 is 8.42 Å². The first kappa shape index (κ1) is 18.7. The molecule has 2 saturated heterocycles. The highest BCUT2D eigenvalue weighted by Gasteiger charge is 2.41.